The van der Waals surface area contributed by atoms with Gasteiger partial charge in [0.05, 0.1) is 17.0 Å². The summed E-state index contributed by atoms with van der Waals surface area (Å²) in [4.78, 5) is 12.9. The molecule has 1 aliphatic carbocycles. The largest absolute Gasteiger partial charge is 0.352 e. The normalized spacial score (nSPS) is 17.6. The quantitative estimate of drug-likeness (QED) is 0.750. The number of nitrogens with one attached hydrogen (secondary N) is 1. The molecule has 2 rings (SSSR count). The van der Waals surface area contributed by atoms with Gasteiger partial charge in [-0.25, -0.2) is 12.8 Å². The summed E-state index contributed by atoms with van der Waals surface area (Å²) >= 11 is 5.83. The van der Waals surface area contributed by atoms with Gasteiger partial charge in [-0.15, -0.1) is 0 Å². The van der Waals surface area contributed by atoms with Gasteiger partial charge in [-0.05, 0) is 37.5 Å². The van der Waals surface area contributed by atoms with E-state index in [1.165, 1.54) is 18.6 Å². The summed E-state index contributed by atoms with van der Waals surface area (Å²) in [6, 6.07) is 2.82. The number of rotatable bonds is 6. The van der Waals surface area contributed by atoms with Crippen molar-refractivity contribution in [1.82, 2.24) is 5.32 Å². The molecule has 0 spiro atoms. The van der Waals surface area contributed by atoms with Crippen molar-refractivity contribution in [3.05, 3.63) is 29.0 Å². The zero-order chi connectivity index (χ0) is 20.0. The summed E-state index contributed by atoms with van der Waals surface area (Å²) in [7, 11) is -3.77. The van der Waals surface area contributed by atoms with Crippen LogP contribution in [-0.2, 0) is 14.8 Å². The average Bonchev–Trinajstić information content (AvgIpc) is 2.56. The van der Waals surface area contributed by atoms with E-state index < -0.39 is 21.9 Å². The Morgan fingerprint density at radius 1 is 1.26 bits per heavy atom. The number of halogens is 2. The zero-order valence-corrected chi connectivity index (χ0v) is 17.5. The second-order valence-corrected chi connectivity index (χ2v) is 9.40. The molecule has 0 heterocycles. The van der Waals surface area contributed by atoms with E-state index in [2.05, 4.69) is 5.32 Å². The minimum Gasteiger partial charge on any atom is -0.352 e. The van der Waals surface area contributed by atoms with Crippen LogP contribution >= 0.6 is 11.6 Å². The van der Waals surface area contributed by atoms with Crippen LogP contribution in [0.1, 0.15) is 58.3 Å². The van der Waals surface area contributed by atoms with Crippen molar-refractivity contribution in [2.24, 2.45) is 0 Å². The molecule has 27 heavy (non-hydrogen) atoms. The van der Waals surface area contributed by atoms with E-state index in [9.17, 15) is 17.6 Å². The number of amides is 1. The van der Waals surface area contributed by atoms with Crippen LogP contribution in [-0.4, -0.2) is 32.7 Å². The summed E-state index contributed by atoms with van der Waals surface area (Å²) in [5, 5.41) is 2.85. The van der Waals surface area contributed by atoms with Gasteiger partial charge >= 0.3 is 0 Å². The fourth-order valence-corrected chi connectivity index (χ4v) is 4.96. The van der Waals surface area contributed by atoms with Gasteiger partial charge in [0.2, 0.25) is 15.9 Å². The van der Waals surface area contributed by atoms with E-state index >= 15 is 0 Å². The maximum Gasteiger partial charge on any atom is 0.244 e. The van der Waals surface area contributed by atoms with Crippen LogP contribution in [0.25, 0.3) is 0 Å². The van der Waals surface area contributed by atoms with E-state index in [1.807, 2.05) is 0 Å². The minimum atomic E-state index is -3.77. The van der Waals surface area contributed by atoms with Crippen molar-refractivity contribution in [3.8, 4) is 0 Å². The van der Waals surface area contributed by atoms with E-state index in [4.69, 9.17) is 11.6 Å². The molecule has 152 valence electrons. The van der Waals surface area contributed by atoms with Crippen molar-refractivity contribution in [1.29, 1.82) is 0 Å². The van der Waals surface area contributed by atoms with Gasteiger partial charge in [-0.1, -0.05) is 50.6 Å². The second kappa shape index (κ2) is 9.73. The summed E-state index contributed by atoms with van der Waals surface area (Å²) < 4.78 is 39.4. The second-order valence-electron chi connectivity index (χ2n) is 7.13. The molecule has 1 aromatic carbocycles. The van der Waals surface area contributed by atoms with Crippen LogP contribution in [0.3, 0.4) is 0 Å². The molecule has 1 aliphatic rings. The number of carbonyl (C=O) groups is 1. The number of anilines is 1. The Labute approximate surface area is 166 Å². The van der Waals surface area contributed by atoms with Gasteiger partial charge in [-0.2, -0.15) is 0 Å². The zero-order valence-electron chi connectivity index (χ0n) is 15.9. The van der Waals surface area contributed by atoms with Gasteiger partial charge in [0.1, 0.15) is 11.9 Å². The van der Waals surface area contributed by atoms with Crippen molar-refractivity contribution in [3.63, 3.8) is 0 Å². The van der Waals surface area contributed by atoms with E-state index in [1.54, 1.807) is 6.92 Å². The Morgan fingerprint density at radius 3 is 2.37 bits per heavy atom. The number of hydrogen-bond acceptors (Lipinski definition) is 3. The molecule has 1 aromatic rings. The van der Waals surface area contributed by atoms with Gasteiger partial charge in [-0.3, -0.25) is 9.10 Å². The molecular weight excluding hydrogens is 391 g/mol. The third-order valence-electron chi connectivity index (χ3n) is 4.94. The lowest BCUT2D eigenvalue weighted by molar-refractivity contribution is -0.123. The highest BCUT2D eigenvalue weighted by molar-refractivity contribution is 7.92. The molecule has 0 unspecified atom stereocenters. The molecule has 0 bridgehead atoms. The topological polar surface area (TPSA) is 66.5 Å². The van der Waals surface area contributed by atoms with Crippen molar-refractivity contribution in [2.45, 2.75) is 70.4 Å². The molecule has 0 saturated heterocycles. The monoisotopic (exact) mass is 418 g/mol. The van der Waals surface area contributed by atoms with Gasteiger partial charge in [0.25, 0.3) is 0 Å². The molecule has 0 aliphatic heterocycles. The smallest absolute Gasteiger partial charge is 0.244 e. The Bertz CT molecular complexity index is 749. The Kier molecular flexibility index (Phi) is 7.91. The fourth-order valence-electron chi connectivity index (χ4n) is 3.58. The summed E-state index contributed by atoms with van der Waals surface area (Å²) in [6.45, 7) is 1.76. The van der Waals surface area contributed by atoms with E-state index in [-0.39, 0.29) is 22.7 Å². The van der Waals surface area contributed by atoms with Crippen molar-refractivity contribution < 1.29 is 17.6 Å². The lowest BCUT2D eigenvalue weighted by Crippen LogP contribution is -2.51. The first-order valence-corrected chi connectivity index (χ1v) is 11.7. The van der Waals surface area contributed by atoms with E-state index in [0.717, 1.165) is 55.2 Å². The fraction of sp³-hybridized carbons (Fsp3) is 0.632. The molecule has 0 aromatic heterocycles. The number of benzene rings is 1. The molecule has 1 amide bonds. The van der Waals surface area contributed by atoms with Crippen molar-refractivity contribution in [2.75, 3.05) is 10.6 Å². The van der Waals surface area contributed by atoms with Crippen LogP contribution in [0.5, 0.6) is 0 Å². The minimum absolute atomic E-state index is 0.0602. The first kappa shape index (κ1) is 22.0. The Hall–Kier alpha value is -1.34. The highest BCUT2D eigenvalue weighted by atomic mass is 35.5. The maximum absolute atomic E-state index is 13.5. The molecule has 5 nitrogen and oxygen atoms in total. The maximum atomic E-state index is 13.5. The Morgan fingerprint density at radius 2 is 1.85 bits per heavy atom. The lowest BCUT2D eigenvalue weighted by Gasteiger charge is -2.32. The third kappa shape index (κ3) is 6.07. The number of sulfonamides is 1. The summed E-state index contributed by atoms with van der Waals surface area (Å²) in [6.07, 6.45) is 8.81. The predicted octanol–water partition coefficient (Wildman–Crippen LogP) is 4.25. The number of nitrogens with zero attached hydrogens (tertiary/aromatic N) is 1. The highest BCUT2D eigenvalue weighted by Gasteiger charge is 2.32. The molecule has 0 radical (unpaired) electrons. The SMILES string of the molecule is CC[C@H](C(=O)NC1CCCCCCC1)N(c1ccc(F)c(Cl)c1)S(C)(=O)=O. The molecular formula is C19H28ClFN2O3S. The third-order valence-corrected chi connectivity index (χ3v) is 6.41. The van der Waals surface area contributed by atoms with Crippen LogP contribution in [0.4, 0.5) is 10.1 Å². The first-order valence-electron chi connectivity index (χ1n) is 9.49. The standard InChI is InChI=1S/C19H28ClFN2O3S/c1-3-18(19(24)22-14-9-7-5-4-6-8-10-14)23(27(2,25)26)15-11-12-17(21)16(20)13-15/h11-14,18H,3-10H2,1-2H3,(H,22,24)/t18-/m1/s1. The first-order chi connectivity index (χ1) is 12.7. The molecule has 1 atom stereocenters. The van der Waals surface area contributed by atoms with Crippen LogP contribution in [0, 0.1) is 5.82 Å². The molecule has 8 heteroatoms. The van der Waals surface area contributed by atoms with E-state index in [0.29, 0.717) is 6.42 Å². The molecule has 1 N–H and O–H groups in total. The van der Waals surface area contributed by atoms with Crippen LogP contribution < -0.4 is 9.62 Å². The highest BCUT2D eigenvalue weighted by Crippen LogP contribution is 2.27. The van der Waals surface area contributed by atoms with Crippen LogP contribution in [0.2, 0.25) is 5.02 Å². The average molecular weight is 419 g/mol. The van der Waals surface area contributed by atoms with Gasteiger partial charge in [0, 0.05) is 6.04 Å². The van der Waals surface area contributed by atoms with Crippen LogP contribution in [0.15, 0.2) is 18.2 Å². The molecule has 1 saturated carbocycles. The molecule has 1 fully saturated rings. The van der Waals surface area contributed by atoms with Gasteiger partial charge in [0.15, 0.2) is 0 Å². The van der Waals surface area contributed by atoms with Crippen molar-refractivity contribution >= 4 is 33.2 Å². The predicted molar refractivity (Wildman–Crippen MR) is 107 cm³/mol. The van der Waals surface area contributed by atoms with Gasteiger partial charge < -0.3 is 5.32 Å². The summed E-state index contributed by atoms with van der Waals surface area (Å²) in [5.74, 6) is -0.963. The summed E-state index contributed by atoms with van der Waals surface area (Å²) in [5.41, 5.74) is 0.184. The number of hydrogen-bond donors (Lipinski definition) is 1. The lowest BCUT2D eigenvalue weighted by atomic mass is 9.96. The Balaban J connectivity index is 2.25. The number of carbonyl (C=O) groups excluding carboxylic acids is 1.